The lowest BCUT2D eigenvalue weighted by Gasteiger charge is -2.03. The predicted molar refractivity (Wildman–Crippen MR) is 63.6 cm³/mol. The first kappa shape index (κ1) is 12.6. The fraction of sp³-hybridized carbons (Fsp3) is 0. The van der Waals surface area contributed by atoms with Crippen LogP contribution in [-0.2, 0) is 0 Å². The summed E-state index contributed by atoms with van der Waals surface area (Å²) in [7, 11) is 0. The van der Waals surface area contributed by atoms with Crippen molar-refractivity contribution in [2.75, 3.05) is 0 Å². The van der Waals surface area contributed by atoms with Crippen molar-refractivity contribution in [3.63, 3.8) is 0 Å². The lowest BCUT2D eigenvalue weighted by Crippen LogP contribution is -1.81. The Morgan fingerprint density at radius 3 is 1.35 bits per heavy atom. The standard InChI is InChI=1S/C12H10O.CH2O3/c1-3-7-11(8-4-1)13-12-9-5-2-6-10-12;2-1(3)4/h1-10H;(H2,2,3,4). The van der Waals surface area contributed by atoms with Crippen molar-refractivity contribution in [3.8, 4) is 11.5 Å². The predicted octanol–water partition coefficient (Wildman–Crippen LogP) is 3.70. The van der Waals surface area contributed by atoms with Crippen LogP contribution in [0.15, 0.2) is 60.7 Å². The zero-order valence-electron chi connectivity index (χ0n) is 8.98. The van der Waals surface area contributed by atoms with Gasteiger partial charge in [-0.2, -0.15) is 0 Å². The van der Waals surface area contributed by atoms with Crippen molar-refractivity contribution in [1.82, 2.24) is 0 Å². The summed E-state index contributed by atoms with van der Waals surface area (Å²) in [5, 5.41) is 13.9. The highest BCUT2D eigenvalue weighted by Crippen LogP contribution is 2.19. The van der Waals surface area contributed by atoms with Gasteiger partial charge in [0.05, 0.1) is 0 Å². The minimum absolute atomic E-state index is 0.869. The molecule has 0 bridgehead atoms. The molecular formula is C13H12O4. The molecule has 2 rings (SSSR count). The molecule has 0 atom stereocenters. The summed E-state index contributed by atoms with van der Waals surface area (Å²) in [5.41, 5.74) is 0. The van der Waals surface area contributed by atoms with Crippen LogP contribution < -0.4 is 4.74 Å². The molecule has 0 amide bonds. The molecule has 0 aliphatic carbocycles. The number of para-hydroxylation sites is 2. The monoisotopic (exact) mass is 232 g/mol. The van der Waals surface area contributed by atoms with E-state index in [0.29, 0.717) is 0 Å². The minimum atomic E-state index is -1.83. The number of rotatable bonds is 2. The van der Waals surface area contributed by atoms with E-state index in [9.17, 15) is 0 Å². The van der Waals surface area contributed by atoms with Gasteiger partial charge in [0.1, 0.15) is 11.5 Å². The molecule has 2 N–H and O–H groups in total. The van der Waals surface area contributed by atoms with E-state index in [4.69, 9.17) is 19.7 Å². The van der Waals surface area contributed by atoms with Gasteiger partial charge >= 0.3 is 6.16 Å². The number of hydrogen-bond acceptors (Lipinski definition) is 2. The van der Waals surface area contributed by atoms with Crippen molar-refractivity contribution in [2.45, 2.75) is 0 Å². The van der Waals surface area contributed by atoms with E-state index < -0.39 is 6.16 Å². The second kappa shape index (κ2) is 6.90. The Bertz CT molecular complexity index is 398. The largest absolute Gasteiger partial charge is 0.503 e. The molecule has 88 valence electrons. The Hall–Kier alpha value is -2.49. The second-order valence-electron chi connectivity index (χ2n) is 3.01. The summed E-state index contributed by atoms with van der Waals surface area (Å²) < 4.78 is 5.58. The fourth-order valence-electron chi connectivity index (χ4n) is 1.11. The molecule has 17 heavy (non-hydrogen) atoms. The third-order valence-electron chi connectivity index (χ3n) is 1.72. The highest BCUT2D eigenvalue weighted by molar-refractivity contribution is 5.53. The van der Waals surface area contributed by atoms with Crippen molar-refractivity contribution in [2.24, 2.45) is 0 Å². The number of carboxylic acid groups (broad SMARTS) is 2. The minimum Gasteiger partial charge on any atom is -0.457 e. The van der Waals surface area contributed by atoms with E-state index in [1.54, 1.807) is 0 Å². The van der Waals surface area contributed by atoms with Crippen molar-refractivity contribution in [3.05, 3.63) is 60.7 Å². The first-order valence-electron chi connectivity index (χ1n) is 4.88. The third kappa shape index (κ3) is 5.84. The van der Waals surface area contributed by atoms with Crippen LogP contribution in [0.3, 0.4) is 0 Å². The molecule has 0 aliphatic rings. The normalized spacial score (nSPS) is 8.71. The fourth-order valence-corrected chi connectivity index (χ4v) is 1.11. The summed E-state index contributed by atoms with van der Waals surface area (Å²) >= 11 is 0. The molecule has 0 heterocycles. The van der Waals surface area contributed by atoms with Gasteiger partial charge in [-0.1, -0.05) is 36.4 Å². The molecule has 0 saturated heterocycles. The van der Waals surface area contributed by atoms with E-state index in [2.05, 4.69) is 0 Å². The van der Waals surface area contributed by atoms with Gasteiger partial charge in [-0.3, -0.25) is 0 Å². The summed E-state index contributed by atoms with van der Waals surface area (Å²) in [4.78, 5) is 8.56. The molecule has 0 unspecified atom stereocenters. The molecule has 0 spiro atoms. The maximum atomic E-state index is 8.56. The summed E-state index contributed by atoms with van der Waals surface area (Å²) in [5.74, 6) is 1.74. The first-order valence-corrected chi connectivity index (χ1v) is 4.88. The SMILES string of the molecule is O=C(O)O.c1ccc(Oc2ccccc2)cc1. The van der Waals surface area contributed by atoms with Crippen LogP contribution in [0, 0.1) is 0 Å². The summed E-state index contributed by atoms with van der Waals surface area (Å²) in [6.07, 6.45) is -1.83. The average molecular weight is 232 g/mol. The van der Waals surface area contributed by atoms with Gasteiger partial charge in [0, 0.05) is 0 Å². The van der Waals surface area contributed by atoms with Gasteiger partial charge in [-0.15, -0.1) is 0 Å². The van der Waals surface area contributed by atoms with E-state index in [0.717, 1.165) is 11.5 Å². The first-order chi connectivity index (χ1) is 8.18. The van der Waals surface area contributed by atoms with Gasteiger partial charge in [0.2, 0.25) is 0 Å². The van der Waals surface area contributed by atoms with E-state index >= 15 is 0 Å². The number of hydrogen-bond donors (Lipinski definition) is 2. The van der Waals surface area contributed by atoms with Crippen molar-refractivity contribution >= 4 is 6.16 Å². The van der Waals surface area contributed by atoms with E-state index in [1.807, 2.05) is 60.7 Å². The van der Waals surface area contributed by atoms with Crippen LogP contribution in [0.1, 0.15) is 0 Å². The van der Waals surface area contributed by atoms with E-state index in [1.165, 1.54) is 0 Å². The smallest absolute Gasteiger partial charge is 0.457 e. The van der Waals surface area contributed by atoms with Crippen LogP contribution in [0.4, 0.5) is 4.79 Å². The molecule has 2 aromatic carbocycles. The van der Waals surface area contributed by atoms with Gasteiger partial charge in [-0.05, 0) is 24.3 Å². The molecule has 0 aliphatic heterocycles. The quantitative estimate of drug-likeness (QED) is 0.828. The Kier molecular flexibility index (Phi) is 5.10. The molecule has 2 aromatic rings. The van der Waals surface area contributed by atoms with Gasteiger partial charge < -0.3 is 14.9 Å². The molecule has 0 saturated carbocycles. The molecule has 4 nitrogen and oxygen atoms in total. The Balaban J connectivity index is 0.000000317. The van der Waals surface area contributed by atoms with E-state index in [-0.39, 0.29) is 0 Å². The number of benzene rings is 2. The summed E-state index contributed by atoms with van der Waals surface area (Å²) in [6, 6.07) is 19.5. The highest BCUT2D eigenvalue weighted by atomic mass is 16.6. The average Bonchev–Trinajstić information content (AvgIpc) is 2.31. The van der Waals surface area contributed by atoms with Gasteiger partial charge in [0.25, 0.3) is 0 Å². The van der Waals surface area contributed by atoms with Crippen LogP contribution in [0.25, 0.3) is 0 Å². The van der Waals surface area contributed by atoms with Crippen LogP contribution in [-0.4, -0.2) is 16.4 Å². The highest BCUT2D eigenvalue weighted by Gasteiger charge is 1.92. The van der Waals surface area contributed by atoms with Crippen molar-refractivity contribution < 1.29 is 19.7 Å². The van der Waals surface area contributed by atoms with Gasteiger partial charge in [0.15, 0.2) is 0 Å². The maximum Gasteiger partial charge on any atom is 0.503 e. The number of carbonyl (C=O) groups is 1. The van der Waals surface area contributed by atoms with Gasteiger partial charge in [-0.25, -0.2) is 4.79 Å². The Labute approximate surface area is 98.7 Å². The van der Waals surface area contributed by atoms with Crippen molar-refractivity contribution in [1.29, 1.82) is 0 Å². The zero-order chi connectivity index (χ0) is 12.5. The number of ether oxygens (including phenoxy) is 1. The maximum absolute atomic E-state index is 8.56. The zero-order valence-corrected chi connectivity index (χ0v) is 8.98. The molecule has 0 aromatic heterocycles. The Morgan fingerprint density at radius 2 is 1.06 bits per heavy atom. The molecule has 4 heteroatoms. The lowest BCUT2D eigenvalue weighted by molar-refractivity contribution is 0.137. The van der Waals surface area contributed by atoms with Crippen LogP contribution >= 0.6 is 0 Å². The topological polar surface area (TPSA) is 66.8 Å². The Morgan fingerprint density at radius 1 is 0.765 bits per heavy atom. The third-order valence-corrected chi connectivity index (χ3v) is 1.72. The van der Waals surface area contributed by atoms with Crippen LogP contribution in [0.2, 0.25) is 0 Å². The lowest BCUT2D eigenvalue weighted by atomic mass is 10.3. The molecule has 0 radical (unpaired) electrons. The second-order valence-corrected chi connectivity index (χ2v) is 3.01. The molecule has 0 fully saturated rings. The molecular weight excluding hydrogens is 220 g/mol. The summed E-state index contributed by atoms with van der Waals surface area (Å²) in [6.45, 7) is 0. The van der Waals surface area contributed by atoms with Crippen LogP contribution in [0.5, 0.6) is 11.5 Å².